The molecule has 1 aromatic carbocycles. The lowest BCUT2D eigenvalue weighted by molar-refractivity contribution is 0.551. The van der Waals surface area contributed by atoms with Gasteiger partial charge in [-0.15, -0.1) is 0 Å². The van der Waals surface area contributed by atoms with E-state index in [2.05, 4.69) is 4.72 Å². The van der Waals surface area contributed by atoms with Crippen molar-refractivity contribution in [1.29, 1.82) is 5.26 Å². The van der Waals surface area contributed by atoms with E-state index in [-0.39, 0.29) is 4.90 Å². The number of sulfonamides is 1. The fourth-order valence-electron chi connectivity index (χ4n) is 1.49. The van der Waals surface area contributed by atoms with Gasteiger partial charge in [0, 0.05) is 6.54 Å². The van der Waals surface area contributed by atoms with E-state index < -0.39 is 10.0 Å². The molecule has 0 saturated heterocycles. The molecule has 0 atom stereocenters. The molecule has 5 heteroatoms. The number of aryl methyl sites for hydroxylation is 1. The fraction of sp³-hybridized carbons (Fsp3) is 0.462. The SMILES string of the molecule is Cc1cc(S(=O)(=O)NCCC(C)C)ccc1C#N. The van der Waals surface area contributed by atoms with Crippen LogP contribution in [0.15, 0.2) is 23.1 Å². The first kappa shape index (κ1) is 14.7. The Kier molecular flexibility index (Phi) is 4.88. The monoisotopic (exact) mass is 266 g/mol. The van der Waals surface area contributed by atoms with Gasteiger partial charge in [0.1, 0.15) is 0 Å². The molecule has 98 valence electrons. The molecule has 0 unspecified atom stereocenters. The van der Waals surface area contributed by atoms with E-state index in [4.69, 9.17) is 5.26 Å². The van der Waals surface area contributed by atoms with Gasteiger partial charge in [-0.2, -0.15) is 5.26 Å². The van der Waals surface area contributed by atoms with Gasteiger partial charge in [-0.3, -0.25) is 0 Å². The smallest absolute Gasteiger partial charge is 0.211 e. The zero-order valence-electron chi connectivity index (χ0n) is 10.9. The van der Waals surface area contributed by atoms with Crippen molar-refractivity contribution in [3.63, 3.8) is 0 Å². The van der Waals surface area contributed by atoms with Crippen molar-refractivity contribution in [3.8, 4) is 6.07 Å². The Hall–Kier alpha value is -1.38. The van der Waals surface area contributed by atoms with Crippen molar-refractivity contribution in [2.75, 3.05) is 6.54 Å². The Balaban J connectivity index is 2.86. The van der Waals surface area contributed by atoms with E-state index in [1.54, 1.807) is 6.92 Å². The highest BCUT2D eigenvalue weighted by atomic mass is 32.2. The van der Waals surface area contributed by atoms with Crippen LogP contribution in [0.3, 0.4) is 0 Å². The van der Waals surface area contributed by atoms with Gasteiger partial charge in [0.25, 0.3) is 0 Å². The minimum absolute atomic E-state index is 0.211. The molecule has 4 nitrogen and oxygen atoms in total. The summed E-state index contributed by atoms with van der Waals surface area (Å²) in [7, 11) is -3.46. The lowest BCUT2D eigenvalue weighted by Gasteiger charge is -2.09. The minimum Gasteiger partial charge on any atom is -0.211 e. The summed E-state index contributed by atoms with van der Waals surface area (Å²) in [5.41, 5.74) is 1.17. The molecule has 1 aromatic rings. The summed E-state index contributed by atoms with van der Waals surface area (Å²) in [5, 5.41) is 8.80. The van der Waals surface area contributed by atoms with Crippen LogP contribution in [-0.2, 0) is 10.0 Å². The van der Waals surface area contributed by atoms with Gasteiger partial charge in [0.2, 0.25) is 10.0 Å². The summed E-state index contributed by atoms with van der Waals surface area (Å²) < 4.78 is 26.5. The second-order valence-electron chi connectivity index (χ2n) is 4.67. The van der Waals surface area contributed by atoms with Gasteiger partial charge in [-0.1, -0.05) is 13.8 Å². The first-order chi connectivity index (χ1) is 8.36. The van der Waals surface area contributed by atoms with Gasteiger partial charge in [-0.25, -0.2) is 13.1 Å². The van der Waals surface area contributed by atoms with Crippen molar-refractivity contribution in [2.45, 2.75) is 32.1 Å². The van der Waals surface area contributed by atoms with Crippen LogP contribution >= 0.6 is 0 Å². The Bertz CT molecular complexity index is 557. The summed E-state index contributed by atoms with van der Waals surface area (Å²) in [4.78, 5) is 0.211. The first-order valence-corrected chi connectivity index (χ1v) is 7.35. The molecule has 0 aliphatic carbocycles. The van der Waals surface area contributed by atoms with Crippen LogP contribution in [0.4, 0.5) is 0 Å². The third-order valence-electron chi connectivity index (χ3n) is 2.64. The van der Waals surface area contributed by atoms with Crippen molar-refractivity contribution in [3.05, 3.63) is 29.3 Å². The van der Waals surface area contributed by atoms with Crippen molar-refractivity contribution < 1.29 is 8.42 Å². The van der Waals surface area contributed by atoms with E-state index in [9.17, 15) is 8.42 Å². The molecule has 1 N–H and O–H groups in total. The number of hydrogen-bond acceptors (Lipinski definition) is 3. The predicted octanol–water partition coefficient (Wildman–Crippen LogP) is 2.19. The van der Waals surface area contributed by atoms with Crippen LogP contribution in [0.2, 0.25) is 0 Å². The molecule has 0 bridgehead atoms. The lowest BCUT2D eigenvalue weighted by atomic mass is 10.1. The van der Waals surface area contributed by atoms with Crippen molar-refractivity contribution in [2.24, 2.45) is 5.92 Å². The number of hydrogen-bond donors (Lipinski definition) is 1. The molecule has 0 amide bonds. The summed E-state index contributed by atoms with van der Waals surface area (Å²) in [6, 6.07) is 6.54. The number of rotatable bonds is 5. The standard InChI is InChI=1S/C13H18N2O2S/c1-10(2)6-7-15-18(16,17)13-5-4-12(9-14)11(3)8-13/h4-5,8,10,15H,6-7H2,1-3H3. The van der Waals surface area contributed by atoms with E-state index in [1.165, 1.54) is 18.2 Å². The number of benzene rings is 1. The quantitative estimate of drug-likeness (QED) is 0.888. The molecular weight excluding hydrogens is 248 g/mol. The van der Waals surface area contributed by atoms with Gasteiger partial charge in [0.15, 0.2) is 0 Å². The average molecular weight is 266 g/mol. The van der Waals surface area contributed by atoms with Crippen LogP contribution < -0.4 is 4.72 Å². The minimum atomic E-state index is -3.46. The van der Waals surface area contributed by atoms with Crippen LogP contribution in [0.5, 0.6) is 0 Å². The molecule has 0 saturated carbocycles. The molecule has 0 heterocycles. The zero-order chi connectivity index (χ0) is 13.8. The lowest BCUT2D eigenvalue weighted by Crippen LogP contribution is -2.25. The predicted molar refractivity (Wildman–Crippen MR) is 70.5 cm³/mol. The van der Waals surface area contributed by atoms with E-state index >= 15 is 0 Å². The largest absolute Gasteiger partial charge is 0.240 e. The number of nitrogens with one attached hydrogen (secondary N) is 1. The topological polar surface area (TPSA) is 70.0 Å². The van der Waals surface area contributed by atoms with E-state index in [1.807, 2.05) is 19.9 Å². The Labute approximate surface area is 109 Å². The molecule has 0 fully saturated rings. The Morgan fingerprint density at radius 1 is 1.39 bits per heavy atom. The van der Waals surface area contributed by atoms with E-state index in [0.29, 0.717) is 23.6 Å². The second-order valence-corrected chi connectivity index (χ2v) is 6.44. The van der Waals surface area contributed by atoms with Crippen LogP contribution in [0.25, 0.3) is 0 Å². The molecule has 0 spiro atoms. The highest BCUT2D eigenvalue weighted by Gasteiger charge is 2.14. The van der Waals surface area contributed by atoms with Gasteiger partial charge < -0.3 is 0 Å². The third-order valence-corrected chi connectivity index (χ3v) is 4.10. The summed E-state index contributed by atoms with van der Waals surface area (Å²) in [6.45, 7) is 6.24. The maximum atomic E-state index is 12.0. The molecule has 1 rings (SSSR count). The molecule has 0 aromatic heterocycles. The highest BCUT2D eigenvalue weighted by molar-refractivity contribution is 7.89. The normalized spacial score (nSPS) is 11.5. The summed E-state index contributed by atoms with van der Waals surface area (Å²) >= 11 is 0. The van der Waals surface area contributed by atoms with Gasteiger partial charge >= 0.3 is 0 Å². The number of nitrogens with zero attached hydrogens (tertiary/aromatic N) is 1. The zero-order valence-corrected chi connectivity index (χ0v) is 11.7. The molecule has 0 aliphatic heterocycles. The second kappa shape index (κ2) is 5.98. The van der Waals surface area contributed by atoms with Gasteiger partial charge in [-0.05, 0) is 43.0 Å². The Morgan fingerprint density at radius 3 is 2.56 bits per heavy atom. The van der Waals surface area contributed by atoms with Crippen LogP contribution in [-0.4, -0.2) is 15.0 Å². The van der Waals surface area contributed by atoms with Crippen LogP contribution in [0, 0.1) is 24.2 Å². The molecular formula is C13H18N2O2S. The third kappa shape index (κ3) is 3.83. The first-order valence-electron chi connectivity index (χ1n) is 5.87. The summed E-state index contributed by atoms with van der Waals surface area (Å²) in [6.07, 6.45) is 0.800. The molecule has 0 aliphatic rings. The fourth-order valence-corrected chi connectivity index (χ4v) is 2.63. The van der Waals surface area contributed by atoms with E-state index in [0.717, 1.165) is 6.42 Å². The molecule has 18 heavy (non-hydrogen) atoms. The Morgan fingerprint density at radius 2 is 2.06 bits per heavy atom. The van der Waals surface area contributed by atoms with Crippen LogP contribution in [0.1, 0.15) is 31.4 Å². The molecule has 0 radical (unpaired) electrons. The van der Waals surface area contributed by atoms with Crippen molar-refractivity contribution in [1.82, 2.24) is 4.72 Å². The maximum absolute atomic E-state index is 12.0. The highest BCUT2D eigenvalue weighted by Crippen LogP contribution is 2.14. The van der Waals surface area contributed by atoms with Gasteiger partial charge in [0.05, 0.1) is 16.5 Å². The average Bonchev–Trinajstić information content (AvgIpc) is 2.28. The summed E-state index contributed by atoms with van der Waals surface area (Å²) in [5.74, 6) is 0.454. The maximum Gasteiger partial charge on any atom is 0.240 e. The number of nitriles is 1. The van der Waals surface area contributed by atoms with Crippen molar-refractivity contribution >= 4 is 10.0 Å².